The van der Waals surface area contributed by atoms with E-state index in [9.17, 15) is 24.6 Å². The summed E-state index contributed by atoms with van der Waals surface area (Å²) in [5.74, 6) is -0.712. The normalized spacial score (nSPS) is 47.1. The smallest absolute Gasteiger partial charge is 0.303 e. The van der Waals surface area contributed by atoms with Crippen molar-refractivity contribution >= 4 is 17.5 Å². The highest BCUT2D eigenvalue weighted by atomic mass is 16.5. The van der Waals surface area contributed by atoms with Crippen LogP contribution in [0.25, 0.3) is 0 Å². The molecule has 2 N–H and O–H groups in total. The van der Waals surface area contributed by atoms with Gasteiger partial charge in [-0.1, -0.05) is 32.4 Å². The lowest BCUT2D eigenvalue weighted by molar-refractivity contribution is -0.182. The highest BCUT2D eigenvalue weighted by molar-refractivity contribution is 6.01. The molecule has 0 heterocycles. The molecular formula is C24H32O6. The zero-order valence-corrected chi connectivity index (χ0v) is 18.2. The number of hydrogen-bond acceptors (Lipinski definition) is 6. The number of allylic oxidation sites excluding steroid dienone is 4. The van der Waals surface area contributed by atoms with Gasteiger partial charge >= 0.3 is 5.97 Å². The minimum atomic E-state index is -1.61. The molecule has 0 radical (unpaired) electrons. The lowest BCUT2D eigenvalue weighted by Gasteiger charge is -2.60. The van der Waals surface area contributed by atoms with E-state index in [1.807, 2.05) is 13.0 Å². The van der Waals surface area contributed by atoms with E-state index in [-0.39, 0.29) is 29.5 Å². The number of Topliss-reactive ketones (excluding diaryl/α,β-unsaturated/α-hetero) is 1. The number of carbonyl (C=O) groups excluding carboxylic acids is 3. The zero-order valence-electron chi connectivity index (χ0n) is 18.2. The molecule has 3 unspecified atom stereocenters. The van der Waals surface area contributed by atoms with Crippen LogP contribution >= 0.6 is 0 Å². The van der Waals surface area contributed by atoms with E-state index >= 15 is 0 Å². The fourth-order valence-electron chi connectivity index (χ4n) is 7.50. The van der Waals surface area contributed by atoms with Gasteiger partial charge in [-0.25, -0.2) is 0 Å². The van der Waals surface area contributed by atoms with Crippen LogP contribution in [0.5, 0.6) is 0 Å². The highest BCUT2D eigenvalue weighted by Crippen LogP contribution is 2.67. The van der Waals surface area contributed by atoms with Crippen molar-refractivity contribution in [3.8, 4) is 0 Å². The third-order valence-corrected chi connectivity index (χ3v) is 8.84. The van der Waals surface area contributed by atoms with E-state index in [4.69, 9.17) is 4.74 Å². The number of hydrogen-bond donors (Lipinski definition) is 2. The molecule has 4 aliphatic rings. The van der Waals surface area contributed by atoms with Gasteiger partial charge in [-0.3, -0.25) is 14.4 Å². The van der Waals surface area contributed by atoms with Gasteiger partial charge < -0.3 is 14.9 Å². The third kappa shape index (κ3) is 2.79. The summed E-state index contributed by atoms with van der Waals surface area (Å²) in [7, 11) is 0. The fourth-order valence-corrected chi connectivity index (χ4v) is 7.50. The van der Waals surface area contributed by atoms with Gasteiger partial charge in [0.1, 0.15) is 5.60 Å². The van der Waals surface area contributed by atoms with Crippen molar-refractivity contribution in [2.45, 2.75) is 65.1 Å². The summed E-state index contributed by atoms with van der Waals surface area (Å²) < 4.78 is 4.89. The van der Waals surface area contributed by atoms with Gasteiger partial charge in [0.2, 0.25) is 5.78 Å². The molecule has 0 bridgehead atoms. The maximum absolute atomic E-state index is 12.9. The first-order chi connectivity index (χ1) is 13.9. The topological polar surface area (TPSA) is 101 Å². The molecule has 0 aliphatic heterocycles. The molecule has 4 rings (SSSR count). The van der Waals surface area contributed by atoms with Crippen molar-refractivity contribution in [1.29, 1.82) is 0 Å². The summed E-state index contributed by atoms with van der Waals surface area (Å²) >= 11 is 0. The molecule has 3 saturated carbocycles. The van der Waals surface area contributed by atoms with Crippen molar-refractivity contribution in [1.82, 2.24) is 0 Å². The average molecular weight is 417 g/mol. The molecule has 0 amide bonds. The van der Waals surface area contributed by atoms with Gasteiger partial charge in [-0.2, -0.15) is 0 Å². The van der Waals surface area contributed by atoms with E-state index in [2.05, 4.69) is 13.8 Å². The number of rotatable bonds is 3. The zero-order chi connectivity index (χ0) is 22.1. The van der Waals surface area contributed by atoms with Crippen molar-refractivity contribution in [3.63, 3.8) is 0 Å². The third-order valence-electron chi connectivity index (χ3n) is 8.84. The molecule has 0 aromatic heterocycles. The summed E-state index contributed by atoms with van der Waals surface area (Å²) in [6, 6.07) is 0. The van der Waals surface area contributed by atoms with Crippen LogP contribution in [0, 0.1) is 34.5 Å². The van der Waals surface area contributed by atoms with Gasteiger partial charge in [0.25, 0.3) is 0 Å². The maximum atomic E-state index is 12.9. The van der Waals surface area contributed by atoms with Gasteiger partial charge in [-0.15, -0.1) is 0 Å². The van der Waals surface area contributed by atoms with Crippen molar-refractivity contribution in [3.05, 3.63) is 23.8 Å². The van der Waals surface area contributed by atoms with Crippen LogP contribution in [-0.2, 0) is 19.1 Å². The Hall–Kier alpha value is -1.79. The monoisotopic (exact) mass is 416 g/mol. The van der Waals surface area contributed by atoms with Crippen LogP contribution < -0.4 is 0 Å². The van der Waals surface area contributed by atoms with Crippen LogP contribution in [0.4, 0.5) is 0 Å². The molecule has 6 nitrogen and oxygen atoms in total. The molecule has 164 valence electrons. The summed E-state index contributed by atoms with van der Waals surface area (Å²) in [5.41, 5.74) is -1.72. The number of ketones is 2. The number of carbonyl (C=O) groups is 3. The Kier molecular flexibility index (Phi) is 4.90. The SMILES string of the molecule is CC(=O)OCC(=O)[C@@]1(O)CCC2[C@@H]3C[C@H](C)C4=CC(=O)C=C[C@]4(C)C3C(O)C[C@@]21C. The molecule has 0 aromatic carbocycles. The number of esters is 1. The van der Waals surface area contributed by atoms with Crippen LogP contribution in [-0.4, -0.2) is 46.1 Å². The quantitative estimate of drug-likeness (QED) is 0.685. The van der Waals surface area contributed by atoms with Crippen molar-refractivity contribution < 1.29 is 29.3 Å². The average Bonchev–Trinajstić information content (AvgIpc) is 2.93. The van der Waals surface area contributed by atoms with E-state index in [0.717, 1.165) is 12.0 Å². The minimum absolute atomic E-state index is 0.00535. The molecule has 6 heteroatoms. The fraction of sp³-hybridized carbons (Fsp3) is 0.708. The predicted molar refractivity (Wildman–Crippen MR) is 109 cm³/mol. The first-order valence-corrected chi connectivity index (χ1v) is 11.0. The number of fused-ring (bicyclic) bond motifs is 5. The minimum Gasteiger partial charge on any atom is -0.458 e. The Morgan fingerprint density at radius 2 is 2.00 bits per heavy atom. The Balaban J connectivity index is 1.70. The molecule has 8 atom stereocenters. The van der Waals surface area contributed by atoms with Crippen LogP contribution in [0.2, 0.25) is 0 Å². The Morgan fingerprint density at radius 1 is 1.30 bits per heavy atom. The number of aliphatic hydroxyl groups is 2. The highest BCUT2D eigenvalue weighted by Gasteiger charge is 2.68. The van der Waals surface area contributed by atoms with Gasteiger partial charge in [0.05, 0.1) is 6.10 Å². The summed E-state index contributed by atoms with van der Waals surface area (Å²) in [5, 5.41) is 22.9. The lowest BCUT2D eigenvalue weighted by Crippen LogP contribution is -2.62. The first kappa shape index (κ1) is 21.4. The molecular weight excluding hydrogens is 384 g/mol. The summed E-state index contributed by atoms with van der Waals surface area (Å²) in [6.07, 6.45) is 6.71. The molecule has 4 aliphatic carbocycles. The van der Waals surface area contributed by atoms with E-state index in [0.29, 0.717) is 19.3 Å². The van der Waals surface area contributed by atoms with Crippen LogP contribution in [0.3, 0.4) is 0 Å². The van der Waals surface area contributed by atoms with Crippen LogP contribution in [0.15, 0.2) is 23.8 Å². The molecule has 0 spiro atoms. The first-order valence-electron chi connectivity index (χ1n) is 11.0. The second-order valence-electron chi connectivity index (χ2n) is 10.3. The predicted octanol–water partition coefficient (Wildman–Crippen LogP) is 2.37. The van der Waals surface area contributed by atoms with Gasteiger partial charge in [0, 0.05) is 23.7 Å². The summed E-state index contributed by atoms with van der Waals surface area (Å²) in [6.45, 7) is 6.94. The van der Waals surface area contributed by atoms with Crippen molar-refractivity contribution in [2.24, 2.45) is 34.5 Å². The Labute approximate surface area is 177 Å². The van der Waals surface area contributed by atoms with Gasteiger partial charge in [0.15, 0.2) is 12.4 Å². The van der Waals surface area contributed by atoms with Crippen molar-refractivity contribution in [2.75, 3.05) is 6.61 Å². The second kappa shape index (κ2) is 6.86. The molecule has 3 fully saturated rings. The Bertz CT molecular complexity index is 858. The molecule has 0 saturated heterocycles. The second-order valence-corrected chi connectivity index (χ2v) is 10.3. The Morgan fingerprint density at radius 3 is 2.67 bits per heavy atom. The van der Waals surface area contributed by atoms with E-state index < -0.39 is 40.9 Å². The van der Waals surface area contributed by atoms with E-state index in [1.54, 1.807) is 12.2 Å². The van der Waals surface area contributed by atoms with Crippen LogP contribution in [0.1, 0.15) is 53.4 Å². The molecule has 30 heavy (non-hydrogen) atoms. The van der Waals surface area contributed by atoms with E-state index in [1.165, 1.54) is 6.92 Å². The lowest BCUT2D eigenvalue weighted by atomic mass is 9.45. The maximum Gasteiger partial charge on any atom is 0.303 e. The largest absolute Gasteiger partial charge is 0.458 e. The van der Waals surface area contributed by atoms with Gasteiger partial charge in [-0.05, 0) is 55.6 Å². The standard InChI is InChI=1S/C24H32O6/c1-13-9-16-17-6-8-24(29,20(28)12-30-14(2)25)23(17,4)11-19(27)21(16)22(3)7-5-15(26)10-18(13)22/h5,7,10,13,16-17,19,21,27,29H,6,8-9,11-12H2,1-4H3/t13-,16-,17?,19?,21?,22-,23-,24-/m0/s1. The summed E-state index contributed by atoms with van der Waals surface area (Å²) in [4.78, 5) is 36.1. The molecule has 0 aromatic rings. The number of ether oxygens (including phenoxy) is 1. The number of aliphatic hydroxyl groups excluding tert-OH is 1.